The number of esters is 1. The Kier molecular flexibility index (Phi) is 3.11. The lowest BCUT2D eigenvalue weighted by molar-refractivity contribution is -0.142. The molecule has 4 rings (SSSR count). The molecule has 1 unspecified atom stereocenters. The normalized spacial score (nSPS) is 24.6. The zero-order valence-electron chi connectivity index (χ0n) is 11.8. The van der Waals surface area contributed by atoms with Crippen molar-refractivity contribution in [2.45, 2.75) is 31.2 Å². The second kappa shape index (κ2) is 5.11. The molecule has 6 heteroatoms. The molecule has 2 saturated heterocycles. The first-order chi connectivity index (χ1) is 10.3. The number of piperidine rings is 1. The number of ether oxygens (including phenoxy) is 1. The van der Waals surface area contributed by atoms with Gasteiger partial charge in [0.05, 0.1) is 6.61 Å². The summed E-state index contributed by atoms with van der Waals surface area (Å²) in [6.07, 6.45) is 4.88. The summed E-state index contributed by atoms with van der Waals surface area (Å²) < 4.78 is 7.14. The molecule has 0 spiro atoms. The molecule has 0 saturated carbocycles. The average Bonchev–Trinajstić information content (AvgIpc) is 3.14. The molecule has 2 aliphatic heterocycles. The van der Waals surface area contributed by atoms with E-state index in [2.05, 4.69) is 19.5 Å². The second-order valence-electron chi connectivity index (χ2n) is 5.77. The Labute approximate surface area is 122 Å². The number of aromatic nitrogens is 3. The molecule has 4 heterocycles. The van der Waals surface area contributed by atoms with Gasteiger partial charge in [0.25, 0.3) is 0 Å². The van der Waals surface area contributed by atoms with E-state index >= 15 is 0 Å². The van der Waals surface area contributed by atoms with Gasteiger partial charge in [0, 0.05) is 18.5 Å². The maximum absolute atomic E-state index is 11.7. The molecule has 2 aromatic rings. The fraction of sp³-hybridized carbons (Fsp3) is 0.533. The first kappa shape index (κ1) is 12.8. The molecule has 0 aliphatic carbocycles. The molecule has 6 nitrogen and oxygen atoms in total. The molecular formula is C15H18N4O2. The number of hydrogen-bond acceptors (Lipinski definition) is 5. The van der Waals surface area contributed by atoms with Crippen LogP contribution in [0.25, 0.3) is 5.65 Å². The SMILES string of the molecule is O=C1OCCC1N1CCC(c2nnc3ccccn23)CC1. The summed E-state index contributed by atoms with van der Waals surface area (Å²) in [6, 6.07) is 5.92. The third kappa shape index (κ3) is 2.19. The highest BCUT2D eigenvalue weighted by Crippen LogP contribution is 2.29. The number of fused-ring (bicyclic) bond motifs is 1. The third-order valence-corrected chi connectivity index (χ3v) is 4.58. The zero-order valence-corrected chi connectivity index (χ0v) is 11.8. The Bertz CT molecular complexity index is 660. The first-order valence-electron chi connectivity index (χ1n) is 7.53. The summed E-state index contributed by atoms with van der Waals surface area (Å²) >= 11 is 0. The van der Waals surface area contributed by atoms with E-state index in [4.69, 9.17) is 4.74 Å². The van der Waals surface area contributed by atoms with Crippen LogP contribution in [0.4, 0.5) is 0 Å². The molecule has 1 atom stereocenters. The second-order valence-corrected chi connectivity index (χ2v) is 5.77. The molecule has 0 radical (unpaired) electrons. The van der Waals surface area contributed by atoms with Crippen LogP contribution in [-0.4, -0.2) is 51.2 Å². The van der Waals surface area contributed by atoms with Gasteiger partial charge in [0.2, 0.25) is 0 Å². The minimum absolute atomic E-state index is 0.0268. The summed E-state index contributed by atoms with van der Waals surface area (Å²) in [4.78, 5) is 13.9. The Morgan fingerprint density at radius 3 is 2.76 bits per heavy atom. The highest BCUT2D eigenvalue weighted by Gasteiger charge is 2.35. The van der Waals surface area contributed by atoms with Gasteiger partial charge in [-0.1, -0.05) is 6.07 Å². The Hall–Kier alpha value is -1.95. The number of likely N-dealkylation sites (tertiary alicyclic amines) is 1. The zero-order chi connectivity index (χ0) is 14.2. The number of nitrogens with zero attached hydrogens (tertiary/aromatic N) is 4. The largest absolute Gasteiger partial charge is 0.464 e. The van der Waals surface area contributed by atoms with Crippen LogP contribution in [0, 0.1) is 0 Å². The van der Waals surface area contributed by atoms with Gasteiger partial charge in [-0.2, -0.15) is 0 Å². The van der Waals surface area contributed by atoms with Crippen molar-refractivity contribution in [2.24, 2.45) is 0 Å². The first-order valence-corrected chi connectivity index (χ1v) is 7.53. The predicted molar refractivity (Wildman–Crippen MR) is 75.9 cm³/mol. The van der Waals surface area contributed by atoms with Crippen LogP contribution in [-0.2, 0) is 9.53 Å². The Morgan fingerprint density at radius 2 is 2.00 bits per heavy atom. The van der Waals surface area contributed by atoms with Gasteiger partial charge in [-0.05, 0) is 38.1 Å². The van der Waals surface area contributed by atoms with Crippen molar-refractivity contribution in [3.8, 4) is 0 Å². The van der Waals surface area contributed by atoms with Crippen molar-refractivity contribution in [3.05, 3.63) is 30.2 Å². The van der Waals surface area contributed by atoms with E-state index in [-0.39, 0.29) is 12.0 Å². The van der Waals surface area contributed by atoms with E-state index < -0.39 is 0 Å². The maximum atomic E-state index is 11.7. The molecular weight excluding hydrogens is 268 g/mol. The lowest BCUT2D eigenvalue weighted by atomic mass is 9.94. The summed E-state index contributed by atoms with van der Waals surface area (Å²) in [5.41, 5.74) is 0.898. The van der Waals surface area contributed by atoms with Crippen molar-refractivity contribution in [2.75, 3.05) is 19.7 Å². The number of cyclic esters (lactones) is 1. The molecule has 0 bridgehead atoms. The van der Waals surface area contributed by atoms with Gasteiger partial charge >= 0.3 is 5.97 Å². The van der Waals surface area contributed by atoms with Crippen LogP contribution >= 0.6 is 0 Å². The van der Waals surface area contributed by atoms with Gasteiger partial charge in [0.15, 0.2) is 5.65 Å². The molecule has 0 N–H and O–H groups in total. The lowest BCUT2D eigenvalue weighted by Crippen LogP contribution is -2.43. The highest BCUT2D eigenvalue weighted by molar-refractivity contribution is 5.77. The van der Waals surface area contributed by atoms with Crippen molar-refractivity contribution in [3.63, 3.8) is 0 Å². The summed E-state index contributed by atoms with van der Waals surface area (Å²) in [6.45, 7) is 2.41. The summed E-state index contributed by atoms with van der Waals surface area (Å²) in [5, 5.41) is 8.59. The van der Waals surface area contributed by atoms with Crippen molar-refractivity contribution in [1.82, 2.24) is 19.5 Å². The van der Waals surface area contributed by atoms with Crippen molar-refractivity contribution >= 4 is 11.6 Å². The number of hydrogen-bond donors (Lipinski definition) is 0. The van der Waals surface area contributed by atoms with Crippen LogP contribution in [0.3, 0.4) is 0 Å². The van der Waals surface area contributed by atoms with Crippen LogP contribution in [0.1, 0.15) is 31.0 Å². The van der Waals surface area contributed by atoms with E-state index in [9.17, 15) is 4.79 Å². The summed E-state index contributed by atoms with van der Waals surface area (Å²) in [7, 11) is 0. The van der Waals surface area contributed by atoms with Gasteiger partial charge < -0.3 is 4.74 Å². The van der Waals surface area contributed by atoms with E-state index in [0.29, 0.717) is 12.5 Å². The monoisotopic (exact) mass is 286 g/mol. The maximum Gasteiger partial charge on any atom is 0.323 e. The third-order valence-electron chi connectivity index (χ3n) is 4.58. The minimum atomic E-state index is -0.0543. The smallest absolute Gasteiger partial charge is 0.323 e. The number of carbonyl (C=O) groups excluding carboxylic acids is 1. The highest BCUT2D eigenvalue weighted by atomic mass is 16.5. The Morgan fingerprint density at radius 1 is 1.14 bits per heavy atom. The number of pyridine rings is 1. The van der Waals surface area contributed by atoms with Crippen molar-refractivity contribution < 1.29 is 9.53 Å². The molecule has 110 valence electrons. The summed E-state index contributed by atoms with van der Waals surface area (Å²) in [5.74, 6) is 1.40. The van der Waals surface area contributed by atoms with E-state index in [1.165, 1.54) is 0 Å². The lowest BCUT2D eigenvalue weighted by Gasteiger charge is -2.33. The van der Waals surface area contributed by atoms with Crippen LogP contribution in [0.5, 0.6) is 0 Å². The molecule has 2 aromatic heterocycles. The predicted octanol–water partition coefficient (Wildman–Crippen LogP) is 1.22. The average molecular weight is 286 g/mol. The minimum Gasteiger partial charge on any atom is -0.464 e. The Balaban J connectivity index is 1.49. The van der Waals surface area contributed by atoms with Crippen LogP contribution in [0.15, 0.2) is 24.4 Å². The van der Waals surface area contributed by atoms with Gasteiger partial charge in [-0.25, -0.2) is 0 Å². The van der Waals surface area contributed by atoms with Crippen LogP contribution < -0.4 is 0 Å². The van der Waals surface area contributed by atoms with Gasteiger partial charge in [-0.15, -0.1) is 10.2 Å². The van der Waals surface area contributed by atoms with E-state index in [1.54, 1.807) is 0 Å². The van der Waals surface area contributed by atoms with Crippen LogP contribution in [0.2, 0.25) is 0 Å². The van der Waals surface area contributed by atoms with Gasteiger partial charge in [0.1, 0.15) is 11.9 Å². The molecule has 2 aliphatic rings. The quantitative estimate of drug-likeness (QED) is 0.777. The number of rotatable bonds is 2. The van der Waals surface area contributed by atoms with E-state index in [0.717, 1.165) is 43.8 Å². The standard InChI is InChI=1S/C15H18N4O2/c20-15-12(6-10-21-15)18-8-4-11(5-9-18)14-17-16-13-3-1-2-7-19(13)14/h1-3,7,11-12H,4-6,8-10H2. The number of carbonyl (C=O) groups is 1. The van der Waals surface area contributed by atoms with Gasteiger partial charge in [-0.3, -0.25) is 14.1 Å². The fourth-order valence-electron chi connectivity index (χ4n) is 3.42. The molecule has 0 aromatic carbocycles. The molecule has 2 fully saturated rings. The molecule has 0 amide bonds. The topological polar surface area (TPSA) is 59.7 Å². The molecule has 21 heavy (non-hydrogen) atoms. The van der Waals surface area contributed by atoms with E-state index in [1.807, 2.05) is 24.4 Å². The fourth-order valence-corrected chi connectivity index (χ4v) is 3.42. The van der Waals surface area contributed by atoms with Crippen molar-refractivity contribution in [1.29, 1.82) is 0 Å².